The van der Waals surface area contributed by atoms with Crippen LogP contribution in [0, 0.1) is 0 Å². The highest BCUT2D eigenvalue weighted by Gasteiger charge is 2.60. The topological polar surface area (TPSA) is 82.1 Å². The zero-order valence-electron chi connectivity index (χ0n) is 13.9. The predicted octanol–water partition coefficient (Wildman–Crippen LogP) is 1.38. The van der Waals surface area contributed by atoms with Gasteiger partial charge in [0.25, 0.3) is 5.91 Å². The molecular weight excluding hydrogens is 328 g/mol. The molecule has 1 atom stereocenters. The van der Waals surface area contributed by atoms with Gasteiger partial charge >= 0.3 is 0 Å². The van der Waals surface area contributed by atoms with Crippen LogP contribution in [-0.4, -0.2) is 34.9 Å². The van der Waals surface area contributed by atoms with Gasteiger partial charge in [-0.3, -0.25) is 14.4 Å². The summed E-state index contributed by atoms with van der Waals surface area (Å²) in [5.74, 6) is -0.919. The number of hydrogen-bond donors (Lipinski definition) is 1. The lowest BCUT2D eigenvalue weighted by Crippen LogP contribution is -2.47. The number of aryl methyl sites for hydroxylation is 1. The Morgan fingerprint density at radius 2 is 2.04 bits per heavy atom. The largest absolute Gasteiger partial charge is 0.312 e. The summed E-state index contributed by atoms with van der Waals surface area (Å²) in [6, 6.07) is 5.79. The molecule has 0 aromatic heterocycles. The molecule has 0 aliphatic carbocycles. The minimum Gasteiger partial charge on any atom is -0.312 e. The van der Waals surface area contributed by atoms with Gasteiger partial charge in [0.2, 0.25) is 16.7 Å². The molecule has 1 unspecified atom stereocenters. The van der Waals surface area contributed by atoms with Gasteiger partial charge in [0.15, 0.2) is 5.17 Å². The van der Waals surface area contributed by atoms with Crippen molar-refractivity contribution in [3.05, 3.63) is 29.3 Å². The van der Waals surface area contributed by atoms with Crippen LogP contribution in [0.3, 0.4) is 0 Å². The number of carbonyl (C=O) groups excluding carboxylic acids is 3. The van der Waals surface area contributed by atoms with Crippen LogP contribution < -0.4 is 10.2 Å². The Morgan fingerprint density at radius 3 is 2.62 bits per heavy atom. The molecule has 0 bridgehead atoms. The molecule has 2 heterocycles. The van der Waals surface area contributed by atoms with Gasteiger partial charge in [-0.1, -0.05) is 13.0 Å². The van der Waals surface area contributed by atoms with Crippen LogP contribution in [0.1, 0.15) is 31.9 Å². The summed E-state index contributed by atoms with van der Waals surface area (Å²) < 4.78 is 0. The van der Waals surface area contributed by atoms with Crippen LogP contribution in [0.5, 0.6) is 0 Å². The first-order valence-electron chi connectivity index (χ1n) is 7.58. The number of amidine groups is 1. The number of hydrazone groups is 1. The molecule has 0 saturated heterocycles. The van der Waals surface area contributed by atoms with Gasteiger partial charge in [0.05, 0.1) is 5.69 Å². The van der Waals surface area contributed by atoms with Gasteiger partial charge in [-0.15, -0.1) is 5.10 Å². The molecule has 2 aliphatic rings. The van der Waals surface area contributed by atoms with E-state index in [-0.39, 0.29) is 22.9 Å². The minimum absolute atomic E-state index is 0.245. The van der Waals surface area contributed by atoms with Crippen LogP contribution >= 0.6 is 11.8 Å². The molecule has 3 rings (SSSR count). The van der Waals surface area contributed by atoms with E-state index in [2.05, 4.69) is 10.4 Å². The van der Waals surface area contributed by atoms with Crippen molar-refractivity contribution in [2.45, 2.75) is 32.1 Å². The molecule has 1 spiro atoms. The van der Waals surface area contributed by atoms with Gasteiger partial charge in [-0.2, -0.15) is 5.01 Å². The highest BCUT2D eigenvalue weighted by atomic mass is 32.2. The van der Waals surface area contributed by atoms with E-state index in [0.29, 0.717) is 0 Å². The SMILES string of the molecule is CCc1ccc2c(c1)C1(SC(NC(C)=O)=NN1C(C)=O)C(=O)N2C. The summed E-state index contributed by atoms with van der Waals surface area (Å²) in [5.41, 5.74) is 2.53. The van der Waals surface area contributed by atoms with Crippen molar-refractivity contribution in [2.24, 2.45) is 5.10 Å². The van der Waals surface area contributed by atoms with Crippen LogP contribution in [-0.2, 0) is 25.7 Å². The zero-order valence-corrected chi connectivity index (χ0v) is 14.7. The first-order valence-corrected chi connectivity index (χ1v) is 8.40. The molecule has 1 aromatic rings. The fraction of sp³-hybridized carbons (Fsp3) is 0.375. The van der Waals surface area contributed by atoms with Crippen molar-refractivity contribution in [3.63, 3.8) is 0 Å². The summed E-state index contributed by atoms with van der Waals surface area (Å²) >= 11 is 1.09. The van der Waals surface area contributed by atoms with Gasteiger partial charge in [0, 0.05) is 26.5 Å². The summed E-state index contributed by atoms with van der Waals surface area (Å²) in [6.07, 6.45) is 0.811. The lowest BCUT2D eigenvalue weighted by atomic mass is 10.0. The third kappa shape index (κ3) is 2.21. The second-order valence-corrected chi connectivity index (χ2v) is 6.91. The number of rotatable bonds is 1. The number of hydrogen-bond acceptors (Lipinski definition) is 5. The molecule has 3 amide bonds. The third-order valence-corrected chi connectivity index (χ3v) is 5.34. The second kappa shape index (κ2) is 5.62. The number of amides is 3. The van der Waals surface area contributed by atoms with Gasteiger partial charge in [0.1, 0.15) is 0 Å². The summed E-state index contributed by atoms with van der Waals surface area (Å²) in [4.78, 5) is 36.8. The lowest BCUT2D eigenvalue weighted by molar-refractivity contribution is -0.139. The quantitative estimate of drug-likeness (QED) is 0.833. The van der Waals surface area contributed by atoms with Gasteiger partial charge < -0.3 is 10.2 Å². The summed E-state index contributed by atoms with van der Waals surface area (Å²) in [6.45, 7) is 4.74. The predicted molar refractivity (Wildman–Crippen MR) is 92.3 cm³/mol. The Bertz CT molecular complexity index is 792. The minimum atomic E-state index is -1.29. The first-order chi connectivity index (χ1) is 11.3. The van der Waals surface area contributed by atoms with E-state index >= 15 is 0 Å². The second-order valence-electron chi connectivity index (χ2n) is 5.73. The summed E-state index contributed by atoms with van der Waals surface area (Å²) in [5, 5.41) is 8.19. The maximum absolute atomic E-state index is 13.1. The Kier molecular flexibility index (Phi) is 3.87. The smallest absolute Gasteiger partial charge is 0.270 e. The molecule has 2 aliphatic heterocycles. The van der Waals surface area contributed by atoms with E-state index in [9.17, 15) is 14.4 Å². The van der Waals surface area contributed by atoms with E-state index in [1.54, 1.807) is 7.05 Å². The molecule has 8 heteroatoms. The number of benzene rings is 1. The Balaban J connectivity index is 2.17. The number of nitrogens with zero attached hydrogens (tertiary/aromatic N) is 3. The molecule has 24 heavy (non-hydrogen) atoms. The molecule has 0 fully saturated rings. The molecule has 0 radical (unpaired) electrons. The normalized spacial score (nSPS) is 22.0. The fourth-order valence-corrected chi connectivity index (χ4v) is 4.33. The molecule has 7 nitrogen and oxygen atoms in total. The van der Waals surface area contributed by atoms with Crippen LogP contribution in [0.2, 0.25) is 0 Å². The molecule has 1 N–H and O–H groups in total. The number of anilines is 1. The molecule has 126 valence electrons. The Labute approximate surface area is 144 Å². The van der Waals surface area contributed by atoms with Crippen molar-refractivity contribution in [1.82, 2.24) is 10.3 Å². The fourth-order valence-electron chi connectivity index (χ4n) is 2.98. The molecular formula is C16H18N4O3S. The van der Waals surface area contributed by atoms with Crippen molar-refractivity contribution in [1.29, 1.82) is 0 Å². The monoisotopic (exact) mass is 346 g/mol. The van der Waals surface area contributed by atoms with Crippen molar-refractivity contribution < 1.29 is 14.4 Å². The molecule has 1 aromatic carbocycles. The average Bonchev–Trinajstić information content (AvgIpc) is 3.00. The molecule has 0 saturated carbocycles. The summed E-state index contributed by atoms with van der Waals surface area (Å²) in [7, 11) is 1.68. The van der Waals surface area contributed by atoms with Crippen LogP contribution in [0.15, 0.2) is 23.3 Å². The Hall–Kier alpha value is -2.35. The number of fused-ring (bicyclic) bond motifs is 2. The Morgan fingerprint density at radius 1 is 1.33 bits per heavy atom. The van der Waals surface area contributed by atoms with Crippen molar-refractivity contribution >= 4 is 40.3 Å². The van der Waals surface area contributed by atoms with E-state index < -0.39 is 4.87 Å². The number of nitrogens with one attached hydrogen (secondary N) is 1. The zero-order chi connectivity index (χ0) is 17.6. The standard InChI is InChI=1S/C16H18N4O3S/c1-5-11-6-7-13-12(8-11)16(14(23)19(13)4)20(10(3)22)18-15(24-16)17-9(2)21/h6-8H,5H2,1-4H3,(H,17,18,21). The highest BCUT2D eigenvalue weighted by Crippen LogP contribution is 2.54. The number of carbonyl (C=O) groups is 3. The van der Waals surface area contributed by atoms with E-state index in [0.717, 1.165) is 35.0 Å². The van der Waals surface area contributed by atoms with Crippen molar-refractivity contribution in [3.8, 4) is 0 Å². The van der Waals surface area contributed by atoms with E-state index in [1.807, 2.05) is 25.1 Å². The number of thioether (sulfide) groups is 1. The first kappa shape index (κ1) is 16.5. The third-order valence-electron chi connectivity index (χ3n) is 4.10. The lowest BCUT2D eigenvalue weighted by Gasteiger charge is -2.29. The highest BCUT2D eigenvalue weighted by molar-refractivity contribution is 8.15. The average molecular weight is 346 g/mol. The van der Waals surface area contributed by atoms with E-state index in [4.69, 9.17) is 0 Å². The maximum atomic E-state index is 13.1. The maximum Gasteiger partial charge on any atom is 0.270 e. The van der Waals surface area contributed by atoms with Crippen molar-refractivity contribution in [2.75, 3.05) is 11.9 Å². The number of likely N-dealkylation sites (N-methyl/N-ethyl adjacent to an activating group) is 1. The van der Waals surface area contributed by atoms with Gasteiger partial charge in [-0.05, 0) is 35.9 Å². The van der Waals surface area contributed by atoms with Crippen LogP contribution in [0.4, 0.5) is 5.69 Å². The van der Waals surface area contributed by atoms with Gasteiger partial charge in [-0.25, -0.2) is 0 Å². The van der Waals surface area contributed by atoms with E-state index in [1.165, 1.54) is 23.8 Å². The van der Waals surface area contributed by atoms with Crippen LogP contribution in [0.25, 0.3) is 0 Å².